The first kappa shape index (κ1) is 13.7. The summed E-state index contributed by atoms with van der Waals surface area (Å²) >= 11 is 6.14. The number of piperidine rings is 1. The molecule has 3 nitrogen and oxygen atoms in total. The molecule has 0 saturated carbocycles. The molecule has 1 aromatic carbocycles. The number of benzene rings is 1. The van der Waals surface area contributed by atoms with Crippen LogP contribution in [-0.4, -0.2) is 31.1 Å². The van der Waals surface area contributed by atoms with E-state index in [4.69, 9.17) is 16.3 Å². The topological polar surface area (TPSA) is 29.1 Å². The highest BCUT2D eigenvalue weighted by molar-refractivity contribution is 6.32. The van der Waals surface area contributed by atoms with Crippen molar-refractivity contribution in [3.8, 4) is 5.75 Å². The highest BCUT2D eigenvalue weighted by Gasteiger charge is 2.10. The molecule has 0 unspecified atom stereocenters. The Morgan fingerprint density at radius 3 is 2.72 bits per heavy atom. The summed E-state index contributed by atoms with van der Waals surface area (Å²) < 4.78 is 5.73. The standard InChI is InChI=1S/C14H21ClN2O/c1-16-12-5-6-14(13(15)11-12)18-10-9-17-7-3-2-4-8-17/h5-6,11H,1-4,7-10,16H2. The molecule has 1 aliphatic rings. The highest BCUT2D eigenvalue weighted by atomic mass is 35.5. The molecule has 0 atom stereocenters. The molecule has 2 N–H and O–H groups in total. The van der Waals surface area contributed by atoms with Crippen LogP contribution in [0.2, 0.25) is 5.02 Å². The first-order chi connectivity index (χ1) is 8.79. The Morgan fingerprint density at radius 1 is 1.28 bits per heavy atom. The number of hydrogen-bond acceptors (Lipinski definition) is 2. The van der Waals surface area contributed by atoms with Gasteiger partial charge in [-0.15, -0.1) is 7.05 Å². The monoisotopic (exact) mass is 268 g/mol. The molecule has 100 valence electrons. The maximum atomic E-state index is 6.14. The fourth-order valence-electron chi connectivity index (χ4n) is 2.23. The van der Waals surface area contributed by atoms with Crippen molar-refractivity contribution in [1.29, 1.82) is 0 Å². The lowest BCUT2D eigenvalue weighted by Crippen LogP contribution is -2.69. The summed E-state index contributed by atoms with van der Waals surface area (Å²) in [5.74, 6) is 0.763. The maximum absolute atomic E-state index is 6.14. The minimum absolute atomic E-state index is 0.658. The van der Waals surface area contributed by atoms with Gasteiger partial charge in [0.05, 0.1) is 5.02 Å². The number of ether oxygens (including phenoxy) is 1. The van der Waals surface area contributed by atoms with E-state index in [1.165, 1.54) is 32.4 Å². The van der Waals surface area contributed by atoms with Gasteiger partial charge in [-0.1, -0.05) is 18.0 Å². The average molecular weight is 269 g/mol. The number of quaternary nitrogens is 1. The van der Waals surface area contributed by atoms with Crippen molar-refractivity contribution in [2.75, 3.05) is 26.2 Å². The van der Waals surface area contributed by atoms with Gasteiger partial charge in [-0.2, -0.15) is 0 Å². The molecular formula is C14H21ClN2O. The summed E-state index contributed by atoms with van der Waals surface area (Å²) in [5.41, 5.74) is 1.02. The second-order valence-electron chi connectivity index (χ2n) is 4.64. The normalized spacial score (nSPS) is 16.8. The van der Waals surface area contributed by atoms with E-state index in [0.717, 1.165) is 18.0 Å². The van der Waals surface area contributed by atoms with E-state index in [1.807, 2.05) is 18.2 Å². The lowest BCUT2D eigenvalue weighted by atomic mass is 10.1. The van der Waals surface area contributed by atoms with Gasteiger partial charge in [-0.3, -0.25) is 4.90 Å². The Kier molecular flexibility index (Phi) is 5.29. The van der Waals surface area contributed by atoms with Gasteiger partial charge in [-0.25, -0.2) is 0 Å². The molecule has 1 aliphatic heterocycles. The van der Waals surface area contributed by atoms with E-state index < -0.39 is 0 Å². The Morgan fingerprint density at radius 2 is 2.06 bits per heavy atom. The predicted octanol–water partition coefficient (Wildman–Crippen LogP) is 2.19. The van der Waals surface area contributed by atoms with Crippen LogP contribution in [0, 0.1) is 7.05 Å². The van der Waals surface area contributed by atoms with Crippen LogP contribution in [0.3, 0.4) is 0 Å². The number of rotatable bonds is 5. The van der Waals surface area contributed by atoms with Crippen LogP contribution in [0.1, 0.15) is 19.3 Å². The van der Waals surface area contributed by atoms with Gasteiger partial charge in [0.2, 0.25) is 0 Å². The Balaban J connectivity index is 1.79. The second kappa shape index (κ2) is 6.98. The number of hydrogen-bond donors (Lipinski definition) is 1. The van der Waals surface area contributed by atoms with Crippen molar-refractivity contribution in [1.82, 2.24) is 4.90 Å². The van der Waals surface area contributed by atoms with Crippen molar-refractivity contribution in [2.24, 2.45) is 0 Å². The van der Waals surface area contributed by atoms with E-state index in [1.54, 1.807) is 5.32 Å². The maximum Gasteiger partial charge on any atom is 0.138 e. The molecule has 0 spiro atoms. The third-order valence-corrected chi connectivity index (χ3v) is 3.60. The minimum Gasteiger partial charge on any atom is -0.491 e. The molecule has 0 radical (unpaired) electrons. The van der Waals surface area contributed by atoms with E-state index in [9.17, 15) is 0 Å². The van der Waals surface area contributed by atoms with Crippen molar-refractivity contribution < 1.29 is 10.1 Å². The molecule has 1 heterocycles. The van der Waals surface area contributed by atoms with Crippen molar-refractivity contribution in [2.45, 2.75) is 19.3 Å². The average Bonchev–Trinajstić information content (AvgIpc) is 2.42. The predicted molar refractivity (Wildman–Crippen MR) is 74.2 cm³/mol. The highest BCUT2D eigenvalue weighted by Crippen LogP contribution is 2.25. The molecule has 2 rings (SSSR count). The fourth-order valence-corrected chi connectivity index (χ4v) is 2.47. The zero-order chi connectivity index (χ0) is 12.8. The lowest BCUT2D eigenvalue weighted by molar-refractivity contribution is -0.504. The molecule has 0 bridgehead atoms. The minimum atomic E-state index is 0.658. The molecule has 4 heteroatoms. The van der Waals surface area contributed by atoms with Gasteiger partial charge in [0.15, 0.2) is 0 Å². The van der Waals surface area contributed by atoms with Crippen LogP contribution >= 0.6 is 11.6 Å². The van der Waals surface area contributed by atoms with Crippen LogP contribution in [0.15, 0.2) is 18.2 Å². The Labute approximate surface area is 114 Å². The van der Waals surface area contributed by atoms with Crippen molar-refractivity contribution in [3.05, 3.63) is 30.3 Å². The molecule has 18 heavy (non-hydrogen) atoms. The summed E-state index contributed by atoms with van der Waals surface area (Å²) in [4.78, 5) is 2.45. The van der Waals surface area contributed by atoms with Gasteiger partial charge in [0, 0.05) is 18.7 Å². The van der Waals surface area contributed by atoms with E-state index >= 15 is 0 Å². The van der Waals surface area contributed by atoms with Gasteiger partial charge in [0.25, 0.3) is 0 Å². The van der Waals surface area contributed by atoms with Crippen LogP contribution in [0.5, 0.6) is 5.75 Å². The number of nitrogens with zero attached hydrogens (tertiary/aromatic N) is 1. The molecule has 0 amide bonds. The van der Waals surface area contributed by atoms with Crippen LogP contribution in [0.4, 0.5) is 5.69 Å². The molecule has 1 saturated heterocycles. The van der Waals surface area contributed by atoms with Gasteiger partial charge >= 0.3 is 0 Å². The zero-order valence-electron chi connectivity index (χ0n) is 10.7. The summed E-state index contributed by atoms with van der Waals surface area (Å²) in [7, 11) is 3.72. The van der Waals surface area contributed by atoms with Crippen molar-refractivity contribution in [3.63, 3.8) is 0 Å². The first-order valence-corrected chi connectivity index (χ1v) is 6.94. The summed E-state index contributed by atoms with van der Waals surface area (Å²) in [6.45, 7) is 4.09. The van der Waals surface area contributed by atoms with E-state index in [-0.39, 0.29) is 0 Å². The molecule has 0 aromatic heterocycles. The van der Waals surface area contributed by atoms with Crippen molar-refractivity contribution >= 4 is 17.3 Å². The smallest absolute Gasteiger partial charge is 0.138 e. The third kappa shape index (κ3) is 3.87. The van der Waals surface area contributed by atoms with Gasteiger partial charge < -0.3 is 10.1 Å². The molecule has 1 fully saturated rings. The summed E-state index contributed by atoms with van der Waals surface area (Å²) in [5, 5.41) is 2.44. The number of nitrogens with two attached hydrogens (primary N) is 1. The largest absolute Gasteiger partial charge is 0.491 e. The quantitative estimate of drug-likeness (QED) is 0.655. The SMILES string of the molecule is [CH2-][NH2+]c1ccc(OCCN2CCCCC2)c(Cl)c1. The lowest BCUT2D eigenvalue weighted by Gasteiger charge is -2.26. The first-order valence-electron chi connectivity index (χ1n) is 6.57. The molecule has 1 aromatic rings. The summed E-state index contributed by atoms with van der Waals surface area (Å²) in [6, 6.07) is 5.76. The fraction of sp³-hybridized carbons (Fsp3) is 0.500. The summed E-state index contributed by atoms with van der Waals surface area (Å²) in [6.07, 6.45) is 4.00. The van der Waals surface area contributed by atoms with Crippen LogP contribution < -0.4 is 10.1 Å². The third-order valence-electron chi connectivity index (χ3n) is 3.31. The van der Waals surface area contributed by atoms with Crippen LogP contribution in [0.25, 0.3) is 0 Å². The molecule has 0 aliphatic carbocycles. The zero-order valence-corrected chi connectivity index (χ0v) is 11.5. The van der Waals surface area contributed by atoms with Crippen LogP contribution in [-0.2, 0) is 0 Å². The van der Waals surface area contributed by atoms with Gasteiger partial charge in [-0.05, 0) is 32.0 Å². The number of likely N-dealkylation sites (tertiary alicyclic amines) is 1. The second-order valence-corrected chi connectivity index (χ2v) is 5.05. The van der Waals surface area contributed by atoms with E-state index in [2.05, 4.69) is 11.9 Å². The van der Waals surface area contributed by atoms with Gasteiger partial charge in [0.1, 0.15) is 18.0 Å². The molecular weight excluding hydrogens is 248 g/mol. The number of halogens is 1. The Hall–Kier alpha value is -0.770. The van der Waals surface area contributed by atoms with E-state index in [0.29, 0.717) is 11.6 Å². The Bertz CT molecular complexity index is 378.